The number of carbonyl (C=O) groups excluding carboxylic acids is 5. The van der Waals surface area contributed by atoms with E-state index >= 15 is 0 Å². The summed E-state index contributed by atoms with van der Waals surface area (Å²) in [5, 5.41) is 8.16. The number of unbranched alkanes of at least 4 members (excludes halogenated alkanes) is 2. The first-order valence-corrected chi connectivity index (χ1v) is 22.4. The van der Waals surface area contributed by atoms with Crippen molar-refractivity contribution in [3.05, 3.63) is 88.8 Å². The fourth-order valence-corrected chi connectivity index (χ4v) is 8.68. The predicted molar refractivity (Wildman–Crippen MR) is 249 cm³/mol. The highest BCUT2D eigenvalue weighted by Crippen LogP contribution is 2.43. The number of hydrogen-bond acceptors (Lipinski definition) is 12. The molecule has 66 heavy (non-hydrogen) atoms. The summed E-state index contributed by atoms with van der Waals surface area (Å²) in [5.74, 6) is 0.652. The lowest BCUT2D eigenvalue weighted by Crippen LogP contribution is -2.50. The Hall–Kier alpha value is -6.88. The Kier molecular flexibility index (Phi) is 15.0. The first-order chi connectivity index (χ1) is 31.8. The lowest BCUT2D eigenvalue weighted by molar-refractivity contribution is -0.125. The first-order valence-electron chi connectivity index (χ1n) is 22.4. The van der Waals surface area contributed by atoms with Crippen LogP contribution in [-0.4, -0.2) is 111 Å². The van der Waals surface area contributed by atoms with E-state index < -0.39 is 18.2 Å². The van der Waals surface area contributed by atoms with Crippen LogP contribution in [0.15, 0.2) is 77.1 Å². The van der Waals surface area contributed by atoms with Gasteiger partial charge in [-0.15, -0.1) is 0 Å². The summed E-state index contributed by atoms with van der Waals surface area (Å²) in [6.45, 7) is 8.30. The second-order valence-electron chi connectivity index (χ2n) is 16.9. The molecule has 0 radical (unpaired) electrons. The van der Waals surface area contributed by atoms with Crippen LogP contribution in [0.5, 0.6) is 23.0 Å². The molecule has 0 saturated heterocycles. The van der Waals surface area contributed by atoms with Gasteiger partial charge in [0.1, 0.15) is 12.6 Å². The van der Waals surface area contributed by atoms with Crippen LogP contribution in [0.3, 0.4) is 0 Å². The van der Waals surface area contributed by atoms with Crippen LogP contribution < -0.4 is 39.8 Å². The van der Waals surface area contributed by atoms with Gasteiger partial charge in [0.25, 0.3) is 11.8 Å². The maximum absolute atomic E-state index is 14.3. The molecule has 3 aromatic carbocycles. The van der Waals surface area contributed by atoms with Crippen molar-refractivity contribution in [1.82, 2.24) is 20.4 Å². The minimum atomic E-state index is -0.747. The third-order valence-electron chi connectivity index (χ3n) is 12.0. The molecule has 3 aromatic rings. The smallest absolute Gasteiger partial charge is 0.414 e. The van der Waals surface area contributed by atoms with Crippen LogP contribution >= 0.6 is 0 Å². The molecule has 0 aromatic heterocycles. The quantitative estimate of drug-likeness (QED) is 0.113. The number of hydrogen-bond donors (Lipinski definition) is 3. The largest absolute Gasteiger partial charge is 0.493 e. The summed E-state index contributed by atoms with van der Waals surface area (Å²) in [6.07, 6.45) is 8.94. The Morgan fingerprint density at radius 3 is 2.12 bits per heavy atom. The van der Waals surface area contributed by atoms with Crippen LogP contribution in [0.25, 0.3) is 0 Å². The number of nitrogens with one attached hydrogen (secondary N) is 3. The lowest BCUT2D eigenvalue weighted by Gasteiger charge is -2.35. The summed E-state index contributed by atoms with van der Waals surface area (Å²) < 4.78 is 29.8. The number of fused-ring (bicyclic) bond motifs is 4. The molecule has 0 spiro atoms. The van der Waals surface area contributed by atoms with Gasteiger partial charge in [-0.25, -0.2) is 4.79 Å². The van der Waals surface area contributed by atoms with Crippen LogP contribution in [0.4, 0.5) is 21.9 Å². The highest BCUT2D eigenvalue weighted by molar-refractivity contribution is 6.07. The van der Waals surface area contributed by atoms with E-state index in [1.54, 1.807) is 84.3 Å². The molecule has 4 aliphatic heterocycles. The van der Waals surface area contributed by atoms with E-state index in [1.165, 1.54) is 7.11 Å². The van der Waals surface area contributed by atoms with Gasteiger partial charge in [0.15, 0.2) is 23.0 Å². The number of carbonyl (C=O) groups is 5. The molecular weight excluding hydrogens is 847 g/mol. The van der Waals surface area contributed by atoms with Gasteiger partial charge in [-0.1, -0.05) is 30.2 Å². The molecular formula is C49H59N7O10. The Bertz CT molecular complexity index is 2430. The fourth-order valence-electron chi connectivity index (χ4n) is 8.68. The van der Waals surface area contributed by atoms with Crippen LogP contribution in [0, 0.1) is 0 Å². The molecule has 0 aliphatic carbocycles. The molecule has 0 bridgehead atoms. The standard InChI is InChI=1S/C49H59N7O10/c1-8-38-40-19-30(3)27-55(40)48(60)36-21-42(63-7)44(23-39(36)56(38)49(61)66-28-32-12-14-33(15-13-32)53-46(58)31(4)52-45(57)25-50-5)65-17-11-9-10-16-64-43-22-37-35(20-41(43)62-6)47(59)54-26-29(2)18-34(54)24-51-37/h12-15,20-24,26-27,31,34,38,40,50H,8-11,16-19,25,28H2,1-7H3,(H,52,57)(H,53,58)/t31-,34?,38-,40+/m0/s1. The molecule has 3 N–H and O–H groups in total. The maximum atomic E-state index is 14.3. The number of methoxy groups -OCH3 is 2. The van der Waals surface area contributed by atoms with Crippen LogP contribution in [0.1, 0.15) is 92.5 Å². The second-order valence-corrected chi connectivity index (χ2v) is 16.9. The molecule has 0 fully saturated rings. The summed E-state index contributed by atoms with van der Waals surface area (Å²) in [5.41, 5.74) is 4.99. The van der Waals surface area contributed by atoms with Crippen LogP contribution in [0.2, 0.25) is 0 Å². The number of anilines is 2. The van der Waals surface area contributed by atoms with Gasteiger partial charge in [-0.3, -0.25) is 29.1 Å². The highest BCUT2D eigenvalue weighted by atomic mass is 16.6. The molecule has 7 rings (SSSR count). The third-order valence-corrected chi connectivity index (χ3v) is 12.0. The SMILES string of the molecule is CC[C@H]1[C@H]2CC(C)=CN2C(=O)c2cc(OC)c(OCCCCCOc3cc4c(cc3OC)C(=O)N3C=C(C)CC3C=N4)cc2N1C(=O)OCc1ccc(NC(=O)[C@H](C)NC(=O)CNC)cc1. The molecule has 17 nitrogen and oxygen atoms in total. The molecule has 0 saturated carbocycles. The minimum Gasteiger partial charge on any atom is -0.493 e. The summed E-state index contributed by atoms with van der Waals surface area (Å²) in [4.78, 5) is 76.1. The van der Waals surface area contributed by atoms with E-state index in [1.807, 2.05) is 39.4 Å². The van der Waals surface area contributed by atoms with Gasteiger partial charge in [0.05, 0.1) is 74.6 Å². The summed E-state index contributed by atoms with van der Waals surface area (Å²) >= 11 is 0. The van der Waals surface area contributed by atoms with Crippen molar-refractivity contribution in [3.63, 3.8) is 0 Å². The summed E-state index contributed by atoms with van der Waals surface area (Å²) in [7, 11) is 4.70. The molecule has 1 unspecified atom stereocenters. The van der Waals surface area contributed by atoms with Gasteiger partial charge < -0.3 is 49.4 Å². The molecule has 4 aliphatic rings. The average Bonchev–Trinajstić information content (AvgIpc) is 3.84. The zero-order chi connectivity index (χ0) is 47.1. The number of benzene rings is 3. The normalized spacial score (nSPS) is 18.7. The Morgan fingerprint density at radius 2 is 1.45 bits per heavy atom. The molecule has 17 heteroatoms. The van der Waals surface area contributed by atoms with E-state index in [-0.39, 0.29) is 54.4 Å². The lowest BCUT2D eigenvalue weighted by atomic mass is 9.99. The van der Waals surface area contributed by atoms with E-state index in [0.29, 0.717) is 90.1 Å². The number of rotatable bonds is 18. The molecule has 4 atom stereocenters. The monoisotopic (exact) mass is 905 g/mol. The van der Waals surface area contributed by atoms with Crippen molar-refractivity contribution < 1.29 is 47.7 Å². The Morgan fingerprint density at radius 1 is 0.818 bits per heavy atom. The molecule has 350 valence electrons. The van der Waals surface area contributed by atoms with Gasteiger partial charge in [0.2, 0.25) is 11.8 Å². The van der Waals surface area contributed by atoms with Crippen molar-refractivity contribution in [2.75, 3.05) is 51.2 Å². The van der Waals surface area contributed by atoms with Crippen molar-refractivity contribution in [1.29, 1.82) is 0 Å². The number of aliphatic imine (C=N–C) groups is 1. The van der Waals surface area contributed by atoms with Crippen molar-refractivity contribution in [3.8, 4) is 23.0 Å². The zero-order valence-corrected chi connectivity index (χ0v) is 38.6. The van der Waals surface area contributed by atoms with Gasteiger partial charge in [-0.2, -0.15) is 0 Å². The third kappa shape index (κ3) is 10.3. The fraction of sp³-hybridized carbons (Fsp3) is 0.429. The molecule has 4 heterocycles. The van der Waals surface area contributed by atoms with Gasteiger partial charge >= 0.3 is 6.09 Å². The first kappa shape index (κ1) is 47.1. The van der Waals surface area contributed by atoms with E-state index in [0.717, 1.165) is 24.0 Å². The van der Waals surface area contributed by atoms with Crippen molar-refractivity contribution in [2.45, 2.75) is 97.0 Å². The number of amides is 5. The number of likely N-dealkylation sites (N-methyl/N-ethyl adjacent to an activating group) is 1. The highest BCUT2D eigenvalue weighted by Gasteiger charge is 2.45. The number of nitrogens with zero attached hydrogens (tertiary/aromatic N) is 4. The average molecular weight is 906 g/mol. The zero-order valence-electron chi connectivity index (χ0n) is 38.6. The topological polar surface area (TPSA) is 190 Å². The minimum absolute atomic E-state index is 0.0712. The predicted octanol–water partition coefficient (Wildman–Crippen LogP) is 6.88. The second kappa shape index (κ2) is 21.0. The Balaban J connectivity index is 0.995. The Labute approximate surface area is 385 Å². The van der Waals surface area contributed by atoms with Crippen molar-refractivity contribution in [2.24, 2.45) is 4.99 Å². The van der Waals surface area contributed by atoms with Crippen molar-refractivity contribution >= 4 is 53.0 Å². The maximum Gasteiger partial charge on any atom is 0.414 e. The molecule has 5 amide bonds. The van der Waals surface area contributed by atoms with Gasteiger partial charge in [-0.05, 0) is 96.2 Å². The van der Waals surface area contributed by atoms with Gasteiger partial charge in [0, 0.05) is 36.4 Å². The summed E-state index contributed by atoms with van der Waals surface area (Å²) in [6, 6.07) is 12.1. The van der Waals surface area contributed by atoms with E-state index in [4.69, 9.17) is 23.7 Å². The van der Waals surface area contributed by atoms with Crippen LogP contribution in [-0.2, 0) is 20.9 Å². The number of ether oxygens (including phenoxy) is 5. The van der Waals surface area contributed by atoms with E-state index in [2.05, 4.69) is 20.9 Å². The van der Waals surface area contributed by atoms with E-state index in [9.17, 15) is 24.0 Å².